The van der Waals surface area contributed by atoms with Crippen molar-refractivity contribution < 1.29 is 14.3 Å². The number of carbonyl (C=O) groups is 1. The predicted octanol–water partition coefficient (Wildman–Crippen LogP) is 1.71. The molecule has 3 nitrogen and oxygen atoms in total. The molecule has 0 aliphatic rings. The molecule has 0 amide bonds. The average molecular weight is 206 g/mol. The zero-order valence-corrected chi connectivity index (χ0v) is 9.19. The number of methoxy groups -OCH3 is 1. The van der Waals surface area contributed by atoms with E-state index in [1.165, 1.54) is 0 Å². The van der Waals surface area contributed by atoms with Gasteiger partial charge in [0.25, 0.3) is 0 Å². The zero-order chi connectivity index (χ0) is 9.94. The van der Waals surface area contributed by atoms with Gasteiger partial charge in [0.2, 0.25) is 0 Å². The molecule has 0 spiro atoms. The summed E-state index contributed by atoms with van der Waals surface area (Å²) >= 11 is 1.77. The molecule has 0 bridgehead atoms. The Morgan fingerprint density at radius 1 is 1.38 bits per heavy atom. The summed E-state index contributed by atoms with van der Waals surface area (Å²) in [6.07, 6.45) is 1.56. The van der Waals surface area contributed by atoms with Crippen molar-refractivity contribution in [1.29, 1.82) is 0 Å². The fraction of sp³-hybridized carbons (Fsp3) is 0.889. The van der Waals surface area contributed by atoms with Crippen LogP contribution in [0.2, 0.25) is 0 Å². The van der Waals surface area contributed by atoms with Gasteiger partial charge in [-0.3, -0.25) is 4.79 Å². The lowest BCUT2D eigenvalue weighted by atomic mass is 10.5. The molecule has 0 rings (SSSR count). The molecule has 0 heterocycles. The van der Waals surface area contributed by atoms with Crippen LogP contribution < -0.4 is 0 Å². The Hall–Kier alpha value is -0.220. The number of ether oxygens (including phenoxy) is 2. The molecule has 0 aromatic rings. The Labute approximate surface area is 84.2 Å². The third-order valence-corrected chi connectivity index (χ3v) is 2.46. The van der Waals surface area contributed by atoms with Crippen LogP contribution in [0.5, 0.6) is 0 Å². The second-order valence-electron chi connectivity index (χ2n) is 2.51. The van der Waals surface area contributed by atoms with Gasteiger partial charge in [-0.15, -0.1) is 0 Å². The normalized spacial score (nSPS) is 10.0. The molecular weight excluding hydrogens is 188 g/mol. The summed E-state index contributed by atoms with van der Waals surface area (Å²) in [6, 6.07) is 0. The summed E-state index contributed by atoms with van der Waals surface area (Å²) in [4.78, 5) is 10.9. The van der Waals surface area contributed by atoms with Gasteiger partial charge in [-0.1, -0.05) is 0 Å². The van der Waals surface area contributed by atoms with E-state index in [0.29, 0.717) is 13.0 Å². The Balaban J connectivity index is 3.02. The van der Waals surface area contributed by atoms with Crippen LogP contribution in [0.15, 0.2) is 0 Å². The van der Waals surface area contributed by atoms with Gasteiger partial charge in [-0.05, 0) is 19.1 Å². The minimum atomic E-state index is -0.0956. The Bertz CT molecular complexity index is 128. The first-order valence-corrected chi connectivity index (χ1v) is 5.69. The smallest absolute Gasteiger partial charge is 0.306 e. The molecule has 0 saturated heterocycles. The fourth-order valence-electron chi connectivity index (χ4n) is 0.796. The van der Waals surface area contributed by atoms with E-state index >= 15 is 0 Å². The third kappa shape index (κ3) is 9.70. The maximum atomic E-state index is 10.9. The van der Waals surface area contributed by atoms with Gasteiger partial charge in [0.15, 0.2) is 0 Å². The second kappa shape index (κ2) is 9.86. The van der Waals surface area contributed by atoms with Crippen molar-refractivity contribution in [2.24, 2.45) is 0 Å². The van der Waals surface area contributed by atoms with Crippen LogP contribution in [0.1, 0.15) is 19.8 Å². The van der Waals surface area contributed by atoms with Gasteiger partial charge < -0.3 is 9.47 Å². The molecule has 0 aromatic carbocycles. The maximum absolute atomic E-state index is 10.9. The van der Waals surface area contributed by atoms with Crippen LogP contribution in [0.25, 0.3) is 0 Å². The summed E-state index contributed by atoms with van der Waals surface area (Å²) in [5.41, 5.74) is 0. The highest BCUT2D eigenvalue weighted by Gasteiger charge is 2.00. The summed E-state index contributed by atoms with van der Waals surface area (Å²) in [6.45, 7) is 3.10. The minimum absolute atomic E-state index is 0.0956. The van der Waals surface area contributed by atoms with Crippen molar-refractivity contribution in [2.45, 2.75) is 19.8 Å². The van der Waals surface area contributed by atoms with E-state index < -0.39 is 0 Å². The largest absolute Gasteiger partial charge is 0.466 e. The lowest BCUT2D eigenvalue weighted by Crippen LogP contribution is -2.05. The number of carbonyl (C=O) groups excluding carboxylic acids is 1. The van der Waals surface area contributed by atoms with Gasteiger partial charge in [0, 0.05) is 19.5 Å². The van der Waals surface area contributed by atoms with Crippen molar-refractivity contribution in [3.63, 3.8) is 0 Å². The first-order chi connectivity index (χ1) is 6.31. The van der Waals surface area contributed by atoms with Crippen LogP contribution in [0, 0.1) is 0 Å². The number of thioether (sulfide) groups is 1. The molecule has 0 atom stereocenters. The van der Waals surface area contributed by atoms with Crippen molar-refractivity contribution in [2.75, 3.05) is 31.8 Å². The Morgan fingerprint density at radius 3 is 2.77 bits per heavy atom. The molecule has 0 N–H and O–H groups in total. The summed E-state index contributed by atoms with van der Waals surface area (Å²) in [7, 11) is 1.70. The lowest BCUT2D eigenvalue weighted by Gasteiger charge is -2.01. The minimum Gasteiger partial charge on any atom is -0.466 e. The standard InChI is InChI=1S/C9H18O3S/c1-3-12-9(10)5-8-13-7-4-6-11-2/h3-8H2,1-2H3. The van der Waals surface area contributed by atoms with Crippen molar-refractivity contribution in [3.05, 3.63) is 0 Å². The Kier molecular flexibility index (Phi) is 9.70. The molecule has 0 radical (unpaired) electrons. The van der Waals surface area contributed by atoms with E-state index in [4.69, 9.17) is 9.47 Å². The van der Waals surface area contributed by atoms with Crippen molar-refractivity contribution in [1.82, 2.24) is 0 Å². The zero-order valence-electron chi connectivity index (χ0n) is 8.38. The molecule has 78 valence electrons. The van der Waals surface area contributed by atoms with Crippen molar-refractivity contribution in [3.8, 4) is 0 Å². The molecule has 0 aliphatic carbocycles. The monoisotopic (exact) mass is 206 g/mol. The van der Waals surface area contributed by atoms with Gasteiger partial charge in [-0.2, -0.15) is 11.8 Å². The lowest BCUT2D eigenvalue weighted by molar-refractivity contribution is -0.142. The highest BCUT2D eigenvalue weighted by atomic mass is 32.2. The number of esters is 1. The molecular formula is C9H18O3S. The number of hydrogen-bond acceptors (Lipinski definition) is 4. The van der Waals surface area contributed by atoms with Crippen LogP contribution >= 0.6 is 11.8 Å². The van der Waals surface area contributed by atoms with E-state index in [1.807, 2.05) is 6.92 Å². The van der Waals surface area contributed by atoms with Gasteiger partial charge in [0.1, 0.15) is 0 Å². The summed E-state index contributed by atoms with van der Waals surface area (Å²) < 4.78 is 9.70. The van der Waals surface area contributed by atoms with E-state index in [1.54, 1.807) is 18.9 Å². The number of rotatable bonds is 8. The predicted molar refractivity (Wildman–Crippen MR) is 55.1 cm³/mol. The fourth-order valence-corrected chi connectivity index (χ4v) is 1.63. The van der Waals surface area contributed by atoms with Crippen molar-refractivity contribution >= 4 is 17.7 Å². The van der Waals surface area contributed by atoms with Gasteiger partial charge in [0.05, 0.1) is 13.0 Å². The van der Waals surface area contributed by atoms with Crippen LogP contribution in [0.3, 0.4) is 0 Å². The topological polar surface area (TPSA) is 35.5 Å². The van der Waals surface area contributed by atoms with Crippen LogP contribution in [-0.2, 0) is 14.3 Å². The first kappa shape index (κ1) is 12.8. The summed E-state index contributed by atoms with van der Waals surface area (Å²) in [5, 5.41) is 0. The highest BCUT2D eigenvalue weighted by molar-refractivity contribution is 7.99. The molecule has 0 aliphatic heterocycles. The molecule has 0 unspecified atom stereocenters. The Morgan fingerprint density at radius 2 is 2.15 bits per heavy atom. The van der Waals surface area contributed by atoms with E-state index in [2.05, 4.69) is 0 Å². The molecule has 0 aromatic heterocycles. The third-order valence-electron chi connectivity index (χ3n) is 1.39. The second-order valence-corrected chi connectivity index (χ2v) is 3.74. The van der Waals surface area contributed by atoms with Gasteiger partial charge >= 0.3 is 5.97 Å². The average Bonchev–Trinajstić information content (AvgIpc) is 2.11. The summed E-state index contributed by atoms with van der Waals surface area (Å²) in [5.74, 6) is 1.80. The van der Waals surface area contributed by atoms with Gasteiger partial charge in [-0.25, -0.2) is 0 Å². The molecule has 4 heteroatoms. The molecule has 0 saturated carbocycles. The maximum Gasteiger partial charge on any atom is 0.306 e. The van der Waals surface area contributed by atoms with E-state index in [-0.39, 0.29) is 5.97 Å². The highest BCUT2D eigenvalue weighted by Crippen LogP contribution is 2.05. The van der Waals surface area contributed by atoms with E-state index in [9.17, 15) is 4.79 Å². The molecule has 13 heavy (non-hydrogen) atoms. The van der Waals surface area contributed by atoms with Crippen LogP contribution in [-0.4, -0.2) is 37.8 Å². The first-order valence-electron chi connectivity index (χ1n) is 4.53. The SMILES string of the molecule is CCOC(=O)CCSCCCOC. The van der Waals surface area contributed by atoms with E-state index in [0.717, 1.165) is 24.5 Å². The van der Waals surface area contributed by atoms with Crippen LogP contribution in [0.4, 0.5) is 0 Å². The molecule has 0 fully saturated rings. The number of hydrogen-bond donors (Lipinski definition) is 0. The quantitative estimate of drug-likeness (QED) is 0.447.